The second-order valence-electron chi connectivity index (χ2n) is 7.72. The van der Waals surface area contributed by atoms with Gasteiger partial charge in [0.15, 0.2) is 0 Å². The lowest BCUT2D eigenvalue weighted by Gasteiger charge is -2.36. The maximum atomic E-state index is 14.2. The third-order valence-corrected chi connectivity index (χ3v) is 5.68. The van der Waals surface area contributed by atoms with E-state index in [-0.39, 0.29) is 17.8 Å². The number of ether oxygens (including phenoxy) is 1. The number of para-hydroxylation sites is 1. The van der Waals surface area contributed by atoms with Crippen molar-refractivity contribution in [2.45, 2.75) is 38.8 Å². The Balaban J connectivity index is 1.64. The van der Waals surface area contributed by atoms with Crippen molar-refractivity contribution in [2.24, 2.45) is 0 Å². The van der Waals surface area contributed by atoms with Crippen molar-refractivity contribution in [3.63, 3.8) is 0 Å². The number of hydrogen-bond donors (Lipinski definition) is 1. The van der Waals surface area contributed by atoms with Gasteiger partial charge in [-0.2, -0.15) is 0 Å². The highest BCUT2D eigenvalue weighted by molar-refractivity contribution is 5.89. The minimum absolute atomic E-state index is 0.0664. The summed E-state index contributed by atoms with van der Waals surface area (Å²) in [6.07, 6.45) is 2.89. The molecule has 4 nitrogen and oxygen atoms in total. The maximum Gasteiger partial charge on any atom is 0.322 e. The molecule has 1 aliphatic carbocycles. The van der Waals surface area contributed by atoms with Crippen LogP contribution in [0.3, 0.4) is 0 Å². The first-order chi connectivity index (χ1) is 15.2. The Morgan fingerprint density at radius 3 is 2.58 bits per heavy atom. The summed E-state index contributed by atoms with van der Waals surface area (Å²) >= 11 is 0. The molecule has 1 aliphatic rings. The summed E-state index contributed by atoms with van der Waals surface area (Å²) in [5, 5.41) is 2.78. The molecule has 160 valence electrons. The number of fused-ring (bicyclic) bond motifs is 1. The fourth-order valence-electron chi connectivity index (χ4n) is 4.18. The predicted octanol–water partition coefficient (Wildman–Crippen LogP) is 6.34. The average Bonchev–Trinajstić information content (AvgIpc) is 2.80. The molecule has 2 amide bonds. The second-order valence-corrected chi connectivity index (χ2v) is 7.72. The summed E-state index contributed by atoms with van der Waals surface area (Å²) < 4.78 is 19.7. The molecule has 0 heterocycles. The van der Waals surface area contributed by atoms with Crippen LogP contribution in [0.2, 0.25) is 0 Å². The number of amides is 2. The summed E-state index contributed by atoms with van der Waals surface area (Å²) in [7, 11) is 0. The van der Waals surface area contributed by atoms with Gasteiger partial charge >= 0.3 is 6.03 Å². The van der Waals surface area contributed by atoms with Crippen molar-refractivity contribution >= 4 is 11.7 Å². The smallest absolute Gasteiger partial charge is 0.322 e. The van der Waals surface area contributed by atoms with E-state index in [2.05, 4.69) is 17.4 Å². The number of anilines is 1. The summed E-state index contributed by atoms with van der Waals surface area (Å²) in [5.41, 5.74) is 3.63. The fraction of sp³-hybridized carbons (Fsp3) is 0.269. The molecule has 0 radical (unpaired) electrons. The van der Waals surface area contributed by atoms with Crippen LogP contribution in [-0.2, 0) is 13.0 Å². The van der Waals surface area contributed by atoms with Crippen molar-refractivity contribution in [1.29, 1.82) is 0 Å². The van der Waals surface area contributed by atoms with Crippen LogP contribution in [0.1, 0.15) is 42.5 Å². The van der Waals surface area contributed by atoms with Gasteiger partial charge in [0, 0.05) is 6.54 Å². The van der Waals surface area contributed by atoms with E-state index in [9.17, 15) is 9.18 Å². The molecule has 0 bridgehead atoms. The van der Waals surface area contributed by atoms with Crippen molar-refractivity contribution in [3.05, 3.63) is 95.3 Å². The van der Waals surface area contributed by atoms with Crippen LogP contribution in [0, 0.1) is 5.82 Å². The molecule has 3 aromatic rings. The third kappa shape index (κ3) is 4.88. The maximum absolute atomic E-state index is 14.2. The molecule has 1 unspecified atom stereocenters. The van der Waals surface area contributed by atoms with Crippen molar-refractivity contribution in [3.8, 4) is 5.75 Å². The number of halogens is 1. The van der Waals surface area contributed by atoms with Crippen LogP contribution in [0.25, 0.3) is 0 Å². The average molecular weight is 419 g/mol. The minimum Gasteiger partial charge on any atom is -0.494 e. The molecule has 31 heavy (non-hydrogen) atoms. The first kappa shape index (κ1) is 20.9. The monoisotopic (exact) mass is 418 g/mol. The molecular weight excluding hydrogens is 391 g/mol. The van der Waals surface area contributed by atoms with Gasteiger partial charge in [-0.1, -0.05) is 48.5 Å². The molecule has 0 saturated carbocycles. The lowest BCUT2D eigenvalue weighted by Crippen LogP contribution is -2.39. The number of hydrogen-bond acceptors (Lipinski definition) is 2. The number of urea groups is 1. The van der Waals surface area contributed by atoms with Crippen molar-refractivity contribution in [2.75, 3.05) is 11.9 Å². The fourth-order valence-corrected chi connectivity index (χ4v) is 4.18. The largest absolute Gasteiger partial charge is 0.494 e. The number of benzene rings is 3. The van der Waals surface area contributed by atoms with Gasteiger partial charge in [-0.15, -0.1) is 0 Å². The Hall–Kier alpha value is -3.34. The molecule has 0 fully saturated rings. The zero-order valence-electron chi connectivity index (χ0n) is 17.7. The number of nitrogens with zero attached hydrogens (tertiary/aromatic N) is 1. The molecule has 0 aromatic heterocycles. The Morgan fingerprint density at radius 2 is 1.81 bits per heavy atom. The highest BCUT2D eigenvalue weighted by Gasteiger charge is 2.29. The Morgan fingerprint density at radius 1 is 1.06 bits per heavy atom. The number of aryl methyl sites for hydroxylation is 1. The topological polar surface area (TPSA) is 41.6 Å². The normalized spacial score (nSPS) is 15.1. The van der Waals surface area contributed by atoms with Gasteiger partial charge in [0.05, 0.1) is 18.3 Å². The third-order valence-electron chi connectivity index (χ3n) is 5.68. The number of nitrogens with one attached hydrogen (secondary N) is 1. The summed E-state index contributed by atoms with van der Waals surface area (Å²) in [6.45, 7) is 2.98. The van der Waals surface area contributed by atoms with E-state index in [1.54, 1.807) is 18.2 Å². The summed E-state index contributed by atoms with van der Waals surface area (Å²) in [4.78, 5) is 15.2. The van der Waals surface area contributed by atoms with E-state index in [1.807, 2.05) is 48.2 Å². The zero-order chi connectivity index (χ0) is 21.6. The van der Waals surface area contributed by atoms with Gasteiger partial charge in [-0.3, -0.25) is 0 Å². The van der Waals surface area contributed by atoms with Gasteiger partial charge in [-0.25, -0.2) is 9.18 Å². The second kappa shape index (κ2) is 9.65. The van der Waals surface area contributed by atoms with E-state index in [0.717, 1.165) is 30.6 Å². The van der Waals surface area contributed by atoms with Crippen LogP contribution < -0.4 is 10.1 Å². The summed E-state index contributed by atoms with van der Waals surface area (Å²) in [6, 6.07) is 22.0. The SMILES string of the molecule is CCOc1ccc(CN(C(=O)Nc2ccccc2F)C2CCCc3ccccc32)cc1. The molecule has 0 saturated heterocycles. The quantitative estimate of drug-likeness (QED) is 0.508. The zero-order valence-corrected chi connectivity index (χ0v) is 17.7. The molecule has 1 atom stereocenters. The van der Waals surface area contributed by atoms with Crippen LogP contribution in [0.4, 0.5) is 14.9 Å². The Bertz CT molecular complexity index is 1040. The van der Waals surface area contributed by atoms with Crippen molar-refractivity contribution < 1.29 is 13.9 Å². The van der Waals surface area contributed by atoms with Gasteiger partial charge in [-0.05, 0) is 67.1 Å². The van der Waals surface area contributed by atoms with Crippen LogP contribution >= 0.6 is 0 Å². The van der Waals surface area contributed by atoms with Gasteiger partial charge in [0.2, 0.25) is 0 Å². The number of carbonyl (C=O) groups is 1. The molecule has 1 N–H and O–H groups in total. The van der Waals surface area contributed by atoms with Gasteiger partial charge < -0.3 is 15.0 Å². The van der Waals surface area contributed by atoms with E-state index in [4.69, 9.17) is 4.74 Å². The number of carbonyl (C=O) groups excluding carboxylic acids is 1. The van der Waals surface area contributed by atoms with Crippen LogP contribution in [0.5, 0.6) is 5.75 Å². The highest BCUT2D eigenvalue weighted by atomic mass is 19.1. The van der Waals surface area contributed by atoms with Gasteiger partial charge in [0.25, 0.3) is 0 Å². The molecule has 4 rings (SSSR count). The van der Waals surface area contributed by atoms with E-state index in [1.165, 1.54) is 17.2 Å². The standard InChI is InChI=1S/C26H27FN2O2/c1-2-31-21-16-14-19(15-17-21)18-29(26(30)28-24-12-6-5-11-23(24)27)25-13-7-9-20-8-3-4-10-22(20)25/h3-6,8,10-12,14-17,25H,2,7,9,13,18H2,1H3,(H,28,30). The Labute approximate surface area is 182 Å². The van der Waals surface area contributed by atoms with E-state index < -0.39 is 5.82 Å². The molecule has 3 aromatic carbocycles. The highest BCUT2D eigenvalue weighted by Crippen LogP contribution is 2.35. The number of rotatable bonds is 6. The molecule has 0 aliphatic heterocycles. The minimum atomic E-state index is -0.444. The molecule has 0 spiro atoms. The van der Waals surface area contributed by atoms with E-state index >= 15 is 0 Å². The van der Waals surface area contributed by atoms with E-state index in [0.29, 0.717) is 13.2 Å². The van der Waals surface area contributed by atoms with Crippen LogP contribution in [-0.4, -0.2) is 17.5 Å². The predicted molar refractivity (Wildman–Crippen MR) is 121 cm³/mol. The first-order valence-electron chi connectivity index (χ1n) is 10.8. The van der Waals surface area contributed by atoms with Crippen molar-refractivity contribution in [1.82, 2.24) is 4.90 Å². The van der Waals surface area contributed by atoms with Gasteiger partial charge in [0.1, 0.15) is 11.6 Å². The Kier molecular flexibility index (Phi) is 6.51. The molecule has 5 heteroatoms. The van der Waals surface area contributed by atoms with Crippen LogP contribution in [0.15, 0.2) is 72.8 Å². The lowest BCUT2D eigenvalue weighted by molar-refractivity contribution is 0.175. The molecular formula is C26H27FN2O2. The first-order valence-corrected chi connectivity index (χ1v) is 10.8. The lowest BCUT2D eigenvalue weighted by atomic mass is 9.86. The summed E-state index contributed by atoms with van der Waals surface area (Å²) in [5.74, 6) is 0.359.